The summed E-state index contributed by atoms with van der Waals surface area (Å²) in [5, 5.41) is 2.87. The van der Waals surface area contributed by atoms with Crippen LogP contribution in [-0.4, -0.2) is 21.9 Å². The third-order valence-corrected chi connectivity index (χ3v) is 3.79. The van der Waals surface area contributed by atoms with Crippen LogP contribution in [0.1, 0.15) is 38.1 Å². The number of hydrogen-bond donors (Lipinski definition) is 2. The summed E-state index contributed by atoms with van der Waals surface area (Å²) in [6, 6.07) is 6.84. The number of aromatic nitrogens is 2. The summed E-state index contributed by atoms with van der Waals surface area (Å²) in [5.74, 6) is -0.357. The van der Waals surface area contributed by atoms with Crippen molar-refractivity contribution in [1.29, 1.82) is 0 Å². The van der Waals surface area contributed by atoms with Crippen molar-refractivity contribution in [1.82, 2.24) is 15.3 Å². The van der Waals surface area contributed by atoms with E-state index in [2.05, 4.69) is 15.3 Å². The highest BCUT2D eigenvalue weighted by molar-refractivity contribution is 5.94. The number of pyridine rings is 2. The van der Waals surface area contributed by atoms with E-state index in [1.54, 1.807) is 36.7 Å². The molecule has 0 aliphatic carbocycles. The Kier molecular flexibility index (Phi) is 4.45. The third-order valence-electron chi connectivity index (χ3n) is 3.79. The quantitative estimate of drug-likeness (QED) is 0.914. The van der Waals surface area contributed by atoms with Crippen molar-refractivity contribution in [3.63, 3.8) is 0 Å². The first-order chi connectivity index (χ1) is 10.3. The van der Waals surface area contributed by atoms with E-state index in [1.165, 1.54) is 0 Å². The van der Waals surface area contributed by atoms with E-state index in [0.717, 1.165) is 5.56 Å². The molecular weight excluding hydrogens is 278 g/mol. The Labute approximate surface area is 129 Å². The molecule has 2 aromatic rings. The van der Waals surface area contributed by atoms with Gasteiger partial charge < -0.3 is 10.3 Å². The first-order valence-electron chi connectivity index (χ1n) is 7.23. The van der Waals surface area contributed by atoms with Crippen LogP contribution in [0.5, 0.6) is 0 Å². The molecule has 0 spiro atoms. The van der Waals surface area contributed by atoms with Crippen molar-refractivity contribution >= 4 is 5.91 Å². The second kappa shape index (κ2) is 6.13. The second-order valence-electron chi connectivity index (χ2n) is 6.41. The fourth-order valence-corrected chi connectivity index (χ4v) is 1.84. The molecule has 5 heteroatoms. The molecule has 1 amide bonds. The van der Waals surface area contributed by atoms with Gasteiger partial charge in [0.2, 0.25) is 0 Å². The van der Waals surface area contributed by atoms with Crippen LogP contribution in [-0.2, 0) is 0 Å². The lowest BCUT2D eigenvalue weighted by molar-refractivity contribution is 0.0908. The minimum atomic E-state index is -0.395. The summed E-state index contributed by atoms with van der Waals surface area (Å²) in [5.41, 5.74) is 1.16. The first kappa shape index (κ1) is 15.9. The Bertz CT molecular complexity index is 715. The lowest BCUT2D eigenvalue weighted by Crippen LogP contribution is -2.43. The van der Waals surface area contributed by atoms with Crippen LogP contribution < -0.4 is 10.9 Å². The Morgan fingerprint density at radius 1 is 1.18 bits per heavy atom. The van der Waals surface area contributed by atoms with Gasteiger partial charge in [-0.3, -0.25) is 14.6 Å². The Hall–Kier alpha value is -2.43. The number of nitrogens with one attached hydrogen (secondary N) is 2. The van der Waals surface area contributed by atoms with Crippen molar-refractivity contribution in [2.45, 2.75) is 33.7 Å². The molecule has 2 heterocycles. The SMILES string of the molecule is C[C@@H](NC(=O)c1ccc(-c2ccncc2)[nH]c1=O)C(C)(C)C. The predicted molar refractivity (Wildman–Crippen MR) is 86.7 cm³/mol. The minimum absolute atomic E-state index is 0.0423. The van der Waals surface area contributed by atoms with Gasteiger partial charge in [0.1, 0.15) is 5.56 Å². The van der Waals surface area contributed by atoms with Gasteiger partial charge in [-0.25, -0.2) is 0 Å². The van der Waals surface area contributed by atoms with Crippen LogP contribution in [0, 0.1) is 5.41 Å². The normalized spacial score (nSPS) is 12.7. The van der Waals surface area contributed by atoms with Gasteiger partial charge in [0, 0.05) is 29.7 Å². The Morgan fingerprint density at radius 3 is 2.36 bits per heavy atom. The van der Waals surface area contributed by atoms with E-state index in [-0.39, 0.29) is 22.9 Å². The summed E-state index contributed by atoms with van der Waals surface area (Å²) in [7, 11) is 0. The Morgan fingerprint density at radius 2 is 1.82 bits per heavy atom. The van der Waals surface area contributed by atoms with Crippen molar-refractivity contribution in [3.05, 3.63) is 52.6 Å². The molecule has 0 unspecified atom stereocenters. The molecule has 0 aromatic carbocycles. The van der Waals surface area contributed by atoms with E-state index in [0.29, 0.717) is 5.69 Å². The lowest BCUT2D eigenvalue weighted by Gasteiger charge is -2.27. The average Bonchev–Trinajstić information content (AvgIpc) is 2.46. The standard InChI is InChI=1S/C17H21N3O2/c1-11(17(2,3)4)19-15(21)13-5-6-14(20-16(13)22)12-7-9-18-10-8-12/h5-11H,1-4H3,(H,19,21)(H,20,22)/t11-/m1/s1. The molecule has 2 rings (SSSR count). The van der Waals surface area contributed by atoms with Crippen molar-refractivity contribution in [3.8, 4) is 11.3 Å². The zero-order valence-corrected chi connectivity index (χ0v) is 13.3. The molecule has 116 valence electrons. The van der Waals surface area contributed by atoms with Gasteiger partial charge in [-0.1, -0.05) is 20.8 Å². The number of rotatable bonds is 3. The molecule has 0 aliphatic rings. The van der Waals surface area contributed by atoms with Crippen LogP contribution in [0.25, 0.3) is 11.3 Å². The van der Waals surface area contributed by atoms with Crippen molar-refractivity contribution in [2.24, 2.45) is 5.41 Å². The van der Waals surface area contributed by atoms with Gasteiger partial charge in [0.15, 0.2) is 0 Å². The Balaban J connectivity index is 2.24. The largest absolute Gasteiger partial charge is 0.349 e. The number of aromatic amines is 1. The minimum Gasteiger partial charge on any atom is -0.349 e. The third kappa shape index (κ3) is 3.61. The second-order valence-corrected chi connectivity index (χ2v) is 6.41. The fourth-order valence-electron chi connectivity index (χ4n) is 1.84. The van der Waals surface area contributed by atoms with E-state index in [1.807, 2.05) is 27.7 Å². The van der Waals surface area contributed by atoms with Crippen LogP contribution in [0.2, 0.25) is 0 Å². The molecule has 0 aliphatic heterocycles. The van der Waals surface area contributed by atoms with Gasteiger partial charge in [-0.05, 0) is 36.6 Å². The van der Waals surface area contributed by atoms with E-state index < -0.39 is 5.56 Å². The molecule has 0 fully saturated rings. The van der Waals surface area contributed by atoms with Gasteiger partial charge in [0.25, 0.3) is 11.5 Å². The van der Waals surface area contributed by atoms with Crippen molar-refractivity contribution < 1.29 is 4.79 Å². The fraction of sp³-hybridized carbons (Fsp3) is 0.353. The molecule has 22 heavy (non-hydrogen) atoms. The molecule has 0 bridgehead atoms. The van der Waals surface area contributed by atoms with E-state index in [4.69, 9.17) is 0 Å². The highest BCUT2D eigenvalue weighted by atomic mass is 16.2. The maximum atomic E-state index is 12.2. The maximum Gasteiger partial charge on any atom is 0.261 e. The molecule has 5 nitrogen and oxygen atoms in total. The van der Waals surface area contributed by atoms with Gasteiger partial charge in [-0.2, -0.15) is 0 Å². The summed E-state index contributed by atoms with van der Waals surface area (Å²) in [4.78, 5) is 31.1. The first-order valence-corrected chi connectivity index (χ1v) is 7.23. The summed E-state index contributed by atoms with van der Waals surface area (Å²) in [6.45, 7) is 8.04. The highest BCUT2D eigenvalue weighted by Gasteiger charge is 2.23. The highest BCUT2D eigenvalue weighted by Crippen LogP contribution is 2.19. The maximum absolute atomic E-state index is 12.2. The van der Waals surface area contributed by atoms with E-state index >= 15 is 0 Å². The molecular formula is C17H21N3O2. The summed E-state index contributed by atoms with van der Waals surface area (Å²) < 4.78 is 0. The van der Waals surface area contributed by atoms with Gasteiger partial charge in [-0.15, -0.1) is 0 Å². The zero-order valence-electron chi connectivity index (χ0n) is 13.3. The summed E-state index contributed by atoms with van der Waals surface area (Å²) in [6.07, 6.45) is 3.30. The molecule has 2 N–H and O–H groups in total. The molecule has 1 atom stereocenters. The molecule has 0 saturated carbocycles. The van der Waals surface area contributed by atoms with Gasteiger partial charge in [0.05, 0.1) is 0 Å². The molecule has 2 aromatic heterocycles. The van der Waals surface area contributed by atoms with Crippen molar-refractivity contribution in [2.75, 3.05) is 0 Å². The smallest absolute Gasteiger partial charge is 0.261 e. The number of H-pyrrole nitrogens is 1. The van der Waals surface area contributed by atoms with Crippen LogP contribution >= 0.6 is 0 Å². The number of hydrogen-bond acceptors (Lipinski definition) is 3. The number of carbonyl (C=O) groups excluding carboxylic acids is 1. The number of nitrogens with zero attached hydrogens (tertiary/aromatic N) is 1. The van der Waals surface area contributed by atoms with Crippen LogP contribution in [0.3, 0.4) is 0 Å². The zero-order chi connectivity index (χ0) is 16.3. The number of carbonyl (C=O) groups is 1. The molecule has 0 radical (unpaired) electrons. The van der Waals surface area contributed by atoms with Gasteiger partial charge >= 0.3 is 0 Å². The topological polar surface area (TPSA) is 74.8 Å². The average molecular weight is 299 g/mol. The monoisotopic (exact) mass is 299 g/mol. The lowest BCUT2D eigenvalue weighted by atomic mass is 9.88. The molecule has 0 saturated heterocycles. The summed E-state index contributed by atoms with van der Waals surface area (Å²) >= 11 is 0. The number of amides is 1. The van der Waals surface area contributed by atoms with Crippen LogP contribution in [0.4, 0.5) is 0 Å². The predicted octanol–water partition coefficient (Wildman–Crippen LogP) is 2.60. The van der Waals surface area contributed by atoms with Crippen LogP contribution in [0.15, 0.2) is 41.5 Å². The van der Waals surface area contributed by atoms with E-state index in [9.17, 15) is 9.59 Å².